The van der Waals surface area contributed by atoms with Gasteiger partial charge in [-0.15, -0.1) is 0 Å². The minimum absolute atomic E-state index is 0.0731. The molecule has 0 saturated heterocycles. The third-order valence-electron chi connectivity index (χ3n) is 3.44. The monoisotopic (exact) mass is 357 g/mol. The van der Waals surface area contributed by atoms with Gasteiger partial charge in [-0.1, -0.05) is 23.7 Å². The van der Waals surface area contributed by atoms with Gasteiger partial charge < -0.3 is 15.4 Å². The summed E-state index contributed by atoms with van der Waals surface area (Å²) in [5.74, 6) is 0.441. The summed E-state index contributed by atoms with van der Waals surface area (Å²) in [7, 11) is 1.58. The number of carbonyl (C=O) groups excluding carboxylic acids is 1. The zero-order valence-corrected chi connectivity index (χ0v) is 14.2. The first-order chi connectivity index (χ1) is 12.2. The highest BCUT2D eigenvalue weighted by Crippen LogP contribution is 2.25. The number of nitrogens with zero attached hydrogens (tertiary/aromatic N) is 3. The van der Waals surface area contributed by atoms with Crippen LogP contribution in [0.4, 0.5) is 11.4 Å². The number of ether oxygens (including phenoxy) is 1. The fourth-order valence-corrected chi connectivity index (χ4v) is 2.47. The second kappa shape index (κ2) is 7.67. The average molecular weight is 358 g/mol. The number of nitrogens with one attached hydrogen (secondary N) is 2. The number of halogens is 1. The topological polar surface area (TPSA) is 81.1 Å². The van der Waals surface area contributed by atoms with Gasteiger partial charge in [-0.25, -0.2) is 9.67 Å². The van der Waals surface area contributed by atoms with Gasteiger partial charge in [0.1, 0.15) is 18.4 Å². The van der Waals surface area contributed by atoms with Gasteiger partial charge in [0.25, 0.3) is 0 Å². The highest BCUT2D eigenvalue weighted by atomic mass is 35.5. The molecular weight excluding hydrogens is 342 g/mol. The number of methoxy groups -OCH3 is 1. The molecule has 0 aliphatic rings. The molecule has 8 heteroatoms. The maximum absolute atomic E-state index is 12.3. The van der Waals surface area contributed by atoms with Crippen molar-refractivity contribution in [3.05, 3.63) is 60.1 Å². The molecule has 1 amide bonds. The van der Waals surface area contributed by atoms with E-state index >= 15 is 0 Å². The standard InChI is InChI=1S/C17H16ClN5O2/c1-25-16-5-3-2-4-13(16)20-9-17(24)22-14-8-12(18)6-7-15(14)23-11-19-10-21-23/h2-8,10-11,20H,9H2,1H3,(H,22,24). The molecule has 0 saturated carbocycles. The molecule has 3 rings (SSSR count). The van der Waals surface area contributed by atoms with Crippen LogP contribution in [0, 0.1) is 0 Å². The minimum Gasteiger partial charge on any atom is -0.495 e. The molecule has 0 radical (unpaired) electrons. The van der Waals surface area contributed by atoms with Crippen LogP contribution >= 0.6 is 11.6 Å². The zero-order chi connectivity index (χ0) is 17.6. The highest BCUT2D eigenvalue weighted by Gasteiger charge is 2.11. The van der Waals surface area contributed by atoms with E-state index in [1.807, 2.05) is 24.3 Å². The van der Waals surface area contributed by atoms with Crippen LogP contribution in [0.15, 0.2) is 55.1 Å². The van der Waals surface area contributed by atoms with Gasteiger partial charge in [0.05, 0.1) is 30.7 Å². The van der Waals surface area contributed by atoms with Gasteiger partial charge in [0.2, 0.25) is 5.91 Å². The molecule has 0 unspecified atom stereocenters. The number of amides is 1. The first-order valence-electron chi connectivity index (χ1n) is 7.48. The maximum atomic E-state index is 12.3. The number of aromatic nitrogens is 3. The van der Waals surface area contributed by atoms with E-state index in [9.17, 15) is 4.79 Å². The lowest BCUT2D eigenvalue weighted by Crippen LogP contribution is -2.22. The van der Waals surface area contributed by atoms with Gasteiger partial charge in [-0.05, 0) is 30.3 Å². The van der Waals surface area contributed by atoms with Crippen LogP contribution in [0.5, 0.6) is 5.75 Å². The van der Waals surface area contributed by atoms with Crippen molar-refractivity contribution in [2.24, 2.45) is 0 Å². The summed E-state index contributed by atoms with van der Waals surface area (Å²) in [6.07, 6.45) is 2.97. The Balaban J connectivity index is 1.72. The Morgan fingerprint density at radius 1 is 1.24 bits per heavy atom. The van der Waals surface area contributed by atoms with Crippen LogP contribution in [0.2, 0.25) is 5.02 Å². The Morgan fingerprint density at radius 2 is 2.08 bits per heavy atom. The number of para-hydroxylation sites is 2. The van der Waals surface area contributed by atoms with Gasteiger partial charge in [-0.3, -0.25) is 4.79 Å². The van der Waals surface area contributed by atoms with E-state index in [0.717, 1.165) is 5.69 Å². The van der Waals surface area contributed by atoms with Crippen molar-refractivity contribution in [2.45, 2.75) is 0 Å². The summed E-state index contributed by atoms with van der Waals surface area (Å²) in [5.41, 5.74) is 1.96. The Labute approximate surface area is 149 Å². The van der Waals surface area contributed by atoms with Crippen LogP contribution in [-0.2, 0) is 4.79 Å². The number of hydrogen-bond acceptors (Lipinski definition) is 5. The molecule has 7 nitrogen and oxygen atoms in total. The number of carbonyl (C=O) groups is 1. The molecule has 2 N–H and O–H groups in total. The normalized spacial score (nSPS) is 10.3. The van der Waals surface area contributed by atoms with Gasteiger partial charge in [-0.2, -0.15) is 5.10 Å². The molecule has 0 spiro atoms. The number of anilines is 2. The second-order valence-corrected chi connectivity index (χ2v) is 5.54. The van der Waals surface area contributed by atoms with E-state index in [0.29, 0.717) is 22.1 Å². The minimum atomic E-state index is -0.227. The van der Waals surface area contributed by atoms with E-state index < -0.39 is 0 Å². The smallest absolute Gasteiger partial charge is 0.243 e. The van der Waals surface area contributed by atoms with Gasteiger partial charge in [0, 0.05) is 5.02 Å². The van der Waals surface area contributed by atoms with Crippen molar-refractivity contribution in [2.75, 3.05) is 24.3 Å². The second-order valence-electron chi connectivity index (χ2n) is 5.10. The largest absolute Gasteiger partial charge is 0.495 e. The number of rotatable bonds is 6. The summed E-state index contributed by atoms with van der Waals surface area (Å²) >= 11 is 6.05. The van der Waals surface area contributed by atoms with Crippen molar-refractivity contribution in [3.8, 4) is 11.4 Å². The summed E-state index contributed by atoms with van der Waals surface area (Å²) in [5, 5.41) is 10.5. The summed E-state index contributed by atoms with van der Waals surface area (Å²) in [6.45, 7) is 0.0731. The Hall–Kier alpha value is -3.06. The van der Waals surface area contributed by atoms with Gasteiger partial charge in [0.15, 0.2) is 0 Å². The predicted octanol–water partition coefficient (Wildman–Crippen LogP) is 2.98. The van der Waals surface area contributed by atoms with Crippen LogP contribution in [0.1, 0.15) is 0 Å². The predicted molar refractivity (Wildman–Crippen MR) is 96.5 cm³/mol. The highest BCUT2D eigenvalue weighted by molar-refractivity contribution is 6.31. The molecule has 0 bridgehead atoms. The maximum Gasteiger partial charge on any atom is 0.243 e. The molecule has 0 fully saturated rings. The van der Waals surface area contributed by atoms with Crippen LogP contribution in [0.3, 0.4) is 0 Å². The van der Waals surface area contributed by atoms with Crippen molar-refractivity contribution in [3.63, 3.8) is 0 Å². The summed E-state index contributed by atoms with van der Waals surface area (Å²) < 4.78 is 6.80. The summed E-state index contributed by atoms with van der Waals surface area (Å²) in [6, 6.07) is 12.5. The van der Waals surface area contributed by atoms with E-state index in [4.69, 9.17) is 16.3 Å². The van der Waals surface area contributed by atoms with Crippen molar-refractivity contribution >= 4 is 28.9 Å². The van der Waals surface area contributed by atoms with Crippen molar-refractivity contribution in [1.82, 2.24) is 14.8 Å². The zero-order valence-electron chi connectivity index (χ0n) is 13.4. The Bertz CT molecular complexity index is 867. The fourth-order valence-electron chi connectivity index (χ4n) is 2.30. The van der Waals surface area contributed by atoms with Crippen molar-refractivity contribution in [1.29, 1.82) is 0 Å². The van der Waals surface area contributed by atoms with Crippen LogP contribution < -0.4 is 15.4 Å². The lowest BCUT2D eigenvalue weighted by atomic mass is 10.2. The third kappa shape index (κ3) is 4.07. The molecule has 128 valence electrons. The Morgan fingerprint density at radius 3 is 2.84 bits per heavy atom. The first kappa shape index (κ1) is 16.8. The van der Waals surface area contributed by atoms with E-state index in [1.54, 1.807) is 36.3 Å². The molecule has 1 heterocycles. The first-order valence-corrected chi connectivity index (χ1v) is 7.86. The molecule has 2 aromatic carbocycles. The molecule has 0 atom stereocenters. The summed E-state index contributed by atoms with van der Waals surface area (Å²) in [4.78, 5) is 16.2. The van der Waals surface area contributed by atoms with Gasteiger partial charge >= 0.3 is 0 Å². The third-order valence-corrected chi connectivity index (χ3v) is 3.68. The van der Waals surface area contributed by atoms with E-state index in [2.05, 4.69) is 20.7 Å². The number of hydrogen-bond donors (Lipinski definition) is 2. The molecule has 0 aliphatic heterocycles. The van der Waals surface area contributed by atoms with Crippen LogP contribution in [-0.4, -0.2) is 34.3 Å². The molecule has 1 aromatic heterocycles. The average Bonchev–Trinajstić information content (AvgIpc) is 3.14. The molecule has 3 aromatic rings. The number of benzene rings is 2. The van der Waals surface area contributed by atoms with Crippen LogP contribution in [0.25, 0.3) is 5.69 Å². The molecule has 0 aliphatic carbocycles. The SMILES string of the molecule is COc1ccccc1NCC(=O)Nc1cc(Cl)ccc1-n1cncn1. The Kier molecular flexibility index (Phi) is 5.15. The lowest BCUT2D eigenvalue weighted by Gasteiger charge is -2.13. The molecular formula is C17H16ClN5O2. The van der Waals surface area contributed by atoms with E-state index in [-0.39, 0.29) is 12.5 Å². The van der Waals surface area contributed by atoms with E-state index in [1.165, 1.54) is 6.33 Å². The fraction of sp³-hybridized carbons (Fsp3) is 0.118. The van der Waals surface area contributed by atoms with Crippen molar-refractivity contribution < 1.29 is 9.53 Å². The molecule has 25 heavy (non-hydrogen) atoms. The quantitative estimate of drug-likeness (QED) is 0.708. The lowest BCUT2D eigenvalue weighted by molar-refractivity contribution is -0.114.